The topological polar surface area (TPSA) is 90.1 Å². The number of rotatable bonds is 3. The molecule has 0 saturated carbocycles. The second-order valence-corrected chi connectivity index (χ2v) is 4.10. The molecule has 1 amide bonds. The van der Waals surface area contributed by atoms with Crippen LogP contribution >= 0.6 is 0 Å². The lowest BCUT2D eigenvalue weighted by atomic mass is 10.2. The average Bonchev–Trinajstić information content (AvgIpc) is 2.77. The van der Waals surface area contributed by atoms with Crippen LogP contribution in [-0.2, 0) is 4.74 Å². The van der Waals surface area contributed by atoms with E-state index in [2.05, 4.69) is 15.3 Å². The Balaban J connectivity index is 1.94. The highest BCUT2D eigenvalue weighted by Gasteiger charge is 2.17. The molecule has 0 radical (unpaired) electrons. The van der Waals surface area contributed by atoms with E-state index in [1.54, 1.807) is 13.0 Å². The number of nitrogens with one attached hydrogen (secondary N) is 1. The van der Waals surface area contributed by atoms with Crippen LogP contribution in [0.5, 0.6) is 0 Å². The third-order valence-electron chi connectivity index (χ3n) is 2.62. The summed E-state index contributed by atoms with van der Waals surface area (Å²) in [7, 11) is 0. The highest BCUT2D eigenvalue weighted by atomic mass is 16.5. The molecule has 1 aromatic heterocycles. The highest BCUT2D eigenvalue weighted by Crippen LogP contribution is 2.10. The summed E-state index contributed by atoms with van der Waals surface area (Å²) >= 11 is 0. The zero-order chi connectivity index (χ0) is 12.3. The van der Waals surface area contributed by atoms with Gasteiger partial charge in [-0.05, 0) is 25.8 Å². The fraction of sp³-hybridized carbons (Fsp3) is 0.545. The first-order valence-corrected chi connectivity index (χ1v) is 5.66. The molecule has 0 aliphatic carbocycles. The molecule has 2 rings (SSSR count). The molecule has 1 saturated heterocycles. The van der Waals surface area contributed by atoms with Crippen LogP contribution in [0.2, 0.25) is 0 Å². The number of carbonyl (C=O) groups excluding carboxylic acids is 1. The number of anilines is 1. The fourth-order valence-corrected chi connectivity index (χ4v) is 1.81. The van der Waals surface area contributed by atoms with E-state index in [0.717, 1.165) is 19.4 Å². The van der Waals surface area contributed by atoms with Crippen LogP contribution in [0, 0.1) is 6.92 Å². The molecular weight excluding hydrogens is 220 g/mol. The molecule has 6 nitrogen and oxygen atoms in total. The predicted molar refractivity (Wildman–Crippen MR) is 62.5 cm³/mol. The minimum absolute atomic E-state index is 0.118. The van der Waals surface area contributed by atoms with Crippen molar-refractivity contribution in [3.8, 4) is 0 Å². The SMILES string of the molecule is Cc1cc(C(=O)NCC2CCCO2)nc(N)n1. The standard InChI is InChI=1S/C11H16N4O2/c1-7-5-9(15-11(12)14-7)10(16)13-6-8-3-2-4-17-8/h5,8H,2-4,6H2,1H3,(H,13,16)(H2,12,14,15). The lowest BCUT2D eigenvalue weighted by molar-refractivity contribution is 0.0853. The largest absolute Gasteiger partial charge is 0.376 e. The molecule has 0 bridgehead atoms. The Morgan fingerprint density at radius 3 is 3.12 bits per heavy atom. The first-order chi connectivity index (χ1) is 8.15. The quantitative estimate of drug-likeness (QED) is 0.786. The third kappa shape index (κ3) is 3.13. The molecule has 92 valence electrons. The van der Waals surface area contributed by atoms with Crippen molar-refractivity contribution in [1.82, 2.24) is 15.3 Å². The number of nitrogens with zero attached hydrogens (tertiary/aromatic N) is 2. The van der Waals surface area contributed by atoms with Crippen molar-refractivity contribution in [2.75, 3.05) is 18.9 Å². The molecule has 1 unspecified atom stereocenters. The maximum Gasteiger partial charge on any atom is 0.270 e. The highest BCUT2D eigenvalue weighted by molar-refractivity contribution is 5.92. The van der Waals surface area contributed by atoms with Crippen molar-refractivity contribution in [2.45, 2.75) is 25.9 Å². The van der Waals surface area contributed by atoms with E-state index >= 15 is 0 Å². The van der Waals surface area contributed by atoms with Crippen molar-refractivity contribution in [3.63, 3.8) is 0 Å². The van der Waals surface area contributed by atoms with Crippen LogP contribution in [0.3, 0.4) is 0 Å². The number of nitrogens with two attached hydrogens (primary N) is 1. The Morgan fingerprint density at radius 2 is 2.47 bits per heavy atom. The molecule has 17 heavy (non-hydrogen) atoms. The van der Waals surface area contributed by atoms with E-state index in [4.69, 9.17) is 10.5 Å². The Bertz CT molecular complexity index is 396. The maximum atomic E-state index is 11.8. The van der Waals surface area contributed by atoms with Gasteiger partial charge >= 0.3 is 0 Å². The van der Waals surface area contributed by atoms with Gasteiger partial charge in [-0.15, -0.1) is 0 Å². The van der Waals surface area contributed by atoms with Gasteiger partial charge in [0, 0.05) is 18.8 Å². The van der Waals surface area contributed by atoms with Crippen LogP contribution in [0.1, 0.15) is 29.0 Å². The smallest absolute Gasteiger partial charge is 0.270 e. The van der Waals surface area contributed by atoms with E-state index in [-0.39, 0.29) is 18.0 Å². The number of carbonyl (C=O) groups is 1. The molecule has 1 fully saturated rings. The number of ether oxygens (including phenoxy) is 1. The average molecular weight is 236 g/mol. The van der Waals surface area contributed by atoms with Gasteiger partial charge < -0.3 is 15.8 Å². The summed E-state index contributed by atoms with van der Waals surface area (Å²) in [5.74, 6) is -0.120. The molecule has 2 heterocycles. The van der Waals surface area contributed by atoms with E-state index in [9.17, 15) is 4.79 Å². The molecular formula is C11H16N4O2. The van der Waals surface area contributed by atoms with Gasteiger partial charge in [-0.1, -0.05) is 0 Å². The minimum atomic E-state index is -0.238. The Hall–Kier alpha value is -1.69. The number of aryl methyl sites for hydroxylation is 1. The number of nitrogen functional groups attached to an aromatic ring is 1. The first-order valence-electron chi connectivity index (χ1n) is 5.66. The van der Waals surface area contributed by atoms with E-state index in [1.165, 1.54) is 0 Å². The zero-order valence-electron chi connectivity index (χ0n) is 9.77. The predicted octanol–water partition coefficient (Wildman–Crippen LogP) is 0.276. The van der Waals surface area contributed by atoms with Gasteiger partial charge in [0.15, 0.2) is 0 Å². The van der Waals surface area contributed by atoms with Gasteiger partial charge in [0.05, 0.1) is 6.10 Å². The van der Waals surface area contributed by atoms with Crippen molar-refractivity contribution >= 4 is 11.9 Å². The van der Waals surface area contributed by atoms with Crippen molar-refractivity contribution < 1.29 is 9.53 Å². The number of aromatic nitrogens is 2. The van der Waals surface area contributed by atoms with Gasteiger partial charge in [0.2, 0.25) is 5.95 Å². The number of hydrogen-bond acceptors (Lipinski definition) is 5. The lowest BCUT2D eigenvalue weighted by Crippen LogP contribution is -2.32. The summed E-state index contributed by atoms with van der Waals surface area (Å²) in [5.41, 5.74) is 6.47. The normalized spacial score (nSPS) is 19.2. The van der Waals surface area contributed by atoms with Crippen LogP contribution in [0.15, 0.2) is 6.07 Å². The summed E-state index contributed by atoms with van der Waals surface area (Å²) < 4.78 is 5.41. The Kier molecular flexibility index (Phi) is 3.53. The van der Waals surface area contributed by atoms with Gasteiger partial charge in [-0.25, -0.2) is 9.97 Å². The van der Waals surface area contributed by atoms with Crippen LogP contribution < -0.4 is 11.1 Å². The van der Waals surface area contributed by atoms with Gasteiger partial charge in [0.1, 0.15) is 5.69 Å². The lowest BCUT2D eigenvalue weighted by Gasteiger charge is -2.10. The summed E-state index contributed by atoms with van der Waals surface area (Å²) in [5, 5.41) is 2.79. The second kappa shape index (κ2) is 5.09. The Morgan fingerprint density at radius 1 is 1.65 bits per heavy atom. The molecule has 6 heteroatoms. The molecule has 0 aromatic carbocycles. The fourth-order valence-electron chi connectivity index (χ4n) is 1.81. The second-order valence-electron chi connectivity index (χ2n) is 4.10. The zero-order valence-corrected chi connectivity index (χ0v) is 9.77. The van der Waals surface area contributed by atoms with E-state index < -0.39 is 0 Å². The minimum Gasteiger partial charge on any atom is -0.376 e. The van der Waals surface area contributed by atoms with Crippen molar-refractivity contribution in [2.24, 2.45) is 0 Å². The summed E-state index contributed by atoms with van der Waals surface area (Å²) in [4.78, 5) is 19.6. The van der Waals surface area contributed by atoms with Gasteiger partial charge in [-0.2, -0.15) is 0 Å². The van der Waals surface area contributed by atoms with Crippen LogP contribution in [0.4, 0.5) is 5.95 Å². The van der Waals surface area contributed by atoms with Gasteiger partial charge in [-0.3, -0.25) is 4.79 Å². The molecule has 1 aromatic rings. The van der Waals surface area contributed by atoms with E-state index in [1.807, 2.05) is 0 Å². The summed E-state index contributed by atoms with van der Waals surface area (Å²) in [6, 6.07) is 1.61. The Labute approximate surface area is 99.6 Å². The third-order valence-corrected chi connectivity index (χ3v) is 2.62. The monoisotopic (exact) mass is 236 g/mol. The number of hydrogen-bond donors (Lipinski definition) is 2. The van der Waals surface area contributed by atoms with Crippen LogP contribution in [-0.4, -0.2) is 35.1 Å². The summed E-state index contributed by atoms with van der Waals surface area (Å²) in [6.07, 6.45) is 2.17. The number of amides is 1. The molecule has 0 spiro atoms. The van der Waals surface area contributed by atoms with E-state index in [0.29, 0.717) is 17.9 Å². The molecule has 3 N–H and O–H groups in total. The summed E-state index contributed by atoms with van der Waals surface area (Å²) in [6.45, 7) is 3.07. The van der Waals surface area contributed by atoms with Crippen molar-refractivity contribution in [1.29, 1.82) is 0 Å². The van der Waals surface area contributed by atoms with Crippen LogP contribution in [0.25, 0.3) is 0 Å². The van der Waals surface area contributed by atoms with Gasteiger partial charge in [0.25, 0.3) is 5.91 Å². The first kappa shape index (κ1) is 11.8. The molecule has 1 aliphatic heterocycles. The van der Waals surface area contributed by atoms with Crippen molar-refractivity contribution in [3.05, 3.63) is 17.5 Å². The molecule has 1 atom stereocenters. The maximum absolute atomic E-state index is 11.8. The molecule has 1 aliphatic rings.